The number of ketones is 1. The number of hydrogen-bond acceptors (Lipinski definition) is 3. The van der Waals surface area contributed by atoms with E-state index in [4.69, 9.17) is 0 Å². The summed E-state index contributed by atoms with van der Waals surface area (Å²) in [7, 11) is 0. The van der Waals surface area contributed by atoms with Crippen molar-refractivity contribution in [1.82, 2.24) is 9.80 Å². The Kier molecular flexibility index (Phi) is 6.08. The van der Waals surface area contributed by atoms with Crippen molar-refractivity contribution in [3.63, 3.8) is 0 Å². The van der Waals surface area contributed by atoms with Gasteiger partial charge in [-0.15, -0.1) is 0 Å². The number of carbonyl (C=O) groups excluding carboxylic acids is 2. The van der Waals surface area contributed by atoms with Crippen molar-refractivity contribution in [2.24, 2.45) is 5.92 Å². The van der Waals surface area contributed by atoms with Gasteiger partial charge in [-0.3, -0.25) is 9.59 Å². The number of carbonyl (C=O) groups is 2. The molecule has 0 saturated carbocycles. The van der Waals surface area contributed by atoms with Crippen LogP contribution in [0.1, 0.15) is 57.0 Å². The van der Waals surface area contributed by atoms with Crippen LogP contribution in [-0.2, 0) is 5.41 Å². The highest BCUT2D eigenvalue weighted by atomic mass is 16.2. The third-order valence-electron chi connectivity index (χ3n) is 9.58. The first-order chi connectivity index (χ1) is 19.1. The van der Waals surface area contributed by atoms with Gasteiger partial charge in [-0.05, 0) is 59.8 Å². The normalized spacial score (nSPS) is 22.5. The zero-order valence-corrected chi connectivity index (χ0v) is 22.3. The second kappa shape index (κ2) is 9.77. The van der Waals surface area contributed by atoms with Crippen molar-refractivity contribution in [3.05, 3.63) is 119 Å². The number of hydrogen-bond donors (Lipinski definition) is 0. The molecular formula is C35H34N2O2. The summed E-state index contributed by atoms with van der Waals surface area (Å²) in [6, 6.07) is 33.2. The average molecular weight is 515 g/mol. The molecule has 4 heteroatoms. The summed E-state index contributed by atoms with van der Waals surface area (Å²) in [6.45, 7) is 4.49. The van der Waals surface area contributed by atoms with Crippen molar-refractivity contribution >= 4 is 22.5 Å². The van der Waals surface area contributed by atoms with Crippen molar-refractivity contribution in [2.75, 3.05) is 32.7 Å². The molecule has 1 spiro atoms. The van der Waals surface area contributed by atoms with Crippen LogP contribution in [0, 0.1) is 5.92 Å². The van der Waals surface area contributed by atoms with Crippen LogP contribution in [0.5, 0.6) is 0 Å². The average Bonchev–Trinajstić information content (AvgIpc) is 3.53. The number of amides is 1. The summed E-state index contributed by atoms with van der Waals surface area (Å²) in [5.74, 6) is 1.13. The Morgan fingerprint density at radius 2 is 1.51 bits per heavy atom. The van der Waals surface area contributed by atoms with Crippen LogP contribution in [0.3, 0.4) is 0 Å². The van der Waals surface area contributed by atoms with Crippen LogP contribution in [-0.4, -0.2) is 54.2 Å². The van der Waals surface area contributed by atoms with Crippen molar-refractivity contribution < 1.29 is 9.59 Å². The van der Waals surface area contributed by atoms with Crippen LogP contribution >= 0.6 is 0 Å². The lowest BCUT2D eigenvalue weighted by atomic mass is 9.73. The highest BCUT2D eigenvalue weighted by Crippen LogP contribution is 2.46. The summed E-state index contributed by atoms with van der Waals surface area (Å²) in [6.07, 6.45) is 2.71. The zero-order chi connectivity index (χ0) is 26.4. The van der Waals surface area contributed by atoms with Crippen LogP contribution in [0.25, 0.3) is 10.8 Å². The lowest BCUT2D eigenvalue weighted by Gasteiger charge is -2.41. The minimum Gasteiger partial charge on any atom is -0.338 e. The highest BCUT2D eigenvalue weighted by molar-refractivity contribution is 6.07. The second-order valence-corrected chi connectivity index (χ2v) is 11.7. The summed E-state index contributed by atoms with van der Waals surface area (Å²) >= 11 is 0. The Balaban J connectivity index is 1.11. The van der Waals surface area contributed by atoms with Gasteiger partial charge in [0.15, 0.2) is 5.78 Å². The smallest absolute Gasteiger partial charge is 0.254 e. The second-order valence-electron chi connectivity index (χ2n) is 11.7. The molecular weight excluding hydrogens is 480 g/mol. The first-order valence-electron chi connectivity index (χ1n) is 14.3. The summed E-state index contributed by atoms with van der Waals surface area (Å²) in [5, 5.41) is 2.13. The number of Topliss-reactive ketones (excluding diaryl/α,β-unsaturated/α-hetero) is 1. The maximum Gasteiger partial charge on any atom is 0.254 e. The van der Waals surface area contributed by atoms with E-state index >= 15 is 0 Å². The predicted octanol–water partition coefficient (Wildman–Crippen LogP) is 6.32. The molecule has 4 aromatic carbocycles. The monoisotopic (exact) mass is 514 g/mol. The van der Waals surface area contributed by atoms with Gasteiger partial charge in [-0.1, -0.05) is 91.0 Å². The van der Waals surface area contributed by atoms with E-state index in [1.165, 1.54) is 11.1 Å². The van der Waals surface area contributed by atoms with E-state index in [0.717, 1.165) is 67.5 Å². The number of fused-ring (bicyclic) bond motifs is 3. The molecule has 39 heavy (non-hydrogen) atoms. The minimum atomic E-state index is 0.00898. The van der Waals surface area contributed by atoms with Gasteiger partial charge in [0.2, 0.25) is 0 Å². The van der Waals surface area contributed by atoms with Crippen LogP contribution in [0.4, 0.5) is 0 Å². The maximum absolute atomic E-state index is 13.9. The van der Waals surface area contributed by atoms with Gasteiger partial charge in [0.25, 0.3) is 5.91 Å². The molecule has 1 amide bonds. The van der Waals surface area contributed by atoms with Crippen molar-refractivity contribution in [3.8, 4) is 0 Å². The molecule has 0 bridgehead atoms. The molecule has 196 valence electrons. The molecule has 2 fully saturated rings. The molecule has 7 rings (SSSR count). The molecule has 2 unspecified atom stereocenters. The molecule has 0 radical (unpaired) electrons. The van der Waals surface area contributed by atoms with E-state index in [0.29, 0.717) is 24.0 Å². The number of nitrogens with zero attached hydrogens (tertiary/aromatic N) is 2. The third-order valence-corrected chi connectivity index (χ3v) is 9.58. The lowest BCUT2D eigenvalue weighted by Crippen LogP contribution is -2.44. The van der Waals surface area contributed by atoms with Crippen molar-refractivity contribution in [2.45, 2.75) is 30.6 Å². The summed E-state index contributed by atoms with van der Waals surface area (Å²) in [4.78, 5) is 31.3. The van der Waals surface area contributed by atoms with Gasteiger partial charge in [0.1, 0.15) is 0 Å². The van der Waals surface area contributed by atoms with Gasteiger partial charge >= 0.3 is 0 Å². The molecule has 2 aliphatic heterocycles. The fourth-order valence-electron chi connectivity index (χ4n) is 7.51. The molecule has 4 aromatic rings. The third kappa shape index (κ3) is 4.28. The lowest BCUT2D eigenvalue weighted by molar-refractivity contribution is 0.0781. The SMILES string of the molecule is O=C1CC2(CCN(CC3CN(C(=O)c4cccc5ccccc45)CC3c3ccccc3)CC2)c2ccccc21. The molecule has 3 aliphatic rings. The Labute approximate surface area is 230 Å². The van der Waals surface area contributed by atoms with Crippen LogP contribution in [0.2, 0.25) is 0 Å². The number of rotatable bonds is 4. The van der Waals surface area contributed by atoms with Gasteiger partial charge in [-0.25, -0.2) is 0 Å². The van der Waals surface area contributed by atoms with E-state index in [2.05, 4.69) is 70.5 Å². The Morgan fingerprint density at radius 3 is 2.36 bits per heavy atom. The van der Waals surface area contributed by atoms with Gasteiger partial charge in [0.05, 0.1) is 0 Å². The topological polar surface area (TPSA) is 40.6 Å². The molecule has 2 atom stereocenters. The van der Waals surface area contributed by atoms with Crippen molar-refractivity contribution in [1.29, 1.82) is 0 Å². The van der Waals surface area contributed by atoms with E-state index in [9.17, 15) is 9.59 Å². The molecule has 0 N–H and O–H groups in total. The zero-order valence-electron chi connectivity index (χ0n) is 22.3. The standard InChI is InChI=1S/C35H34N2O2/c38-33-21-35(32-16-7-6-14-30(32)33)17-19-36(20-18-35)22-27-23-37(24-31(27)26-9-2-1-3-10-26)34(39)29-15-8-12-25-11-4-5-13-28(25)29/h1-16,27,31H,17-24H2. The first kappa shape index (κ1) is 24.3. The first-order valence-corrected chi connectivity index (χ1v) is 14.3. The maximum atomic E-state index is 13.9. The minimum absolute atomic E-state index is 0.00898. The van der Waals surface area contributed by atoms with E-state index < -0.39 is 0 Å². The number of likely N-dealkylation sites (tertiary alicyclic amines) is 2. The van der Waals surface area contributed by atoms with E-state index in [1.54, 1.807) is 0 Å². The summed E-state index contributed by atoms with van der Waals surface area (Å²) in [5.41, 5.74) is 4.33. The quantitative estimate of drug-likeness (QED) is 0.320. The molecule has 0 aromatic heterocycles. The predicted molar refractivity (Wildman–Crippen MR) is 155 cm³/mol. The largest absolute Gasteiger partial charge is 0.338 e. The molecule has 4 nitrogen and oxygen atoms in total. The number of benzene rings is 4. The van der Waals surface area contributed by atoms with Crippen LogP contribution in [0.15, 0.2) is 97.1 Å². The van der Waals surface area contributed by atoms with Crippen LogP contribution < -0.4 is 0 Å². The Bertz CT molecular complexity index is 1530. The molecule has 1 aliphatic carbocycles. The Morgan fingerprint density at radius 1 is 0.795 bits per heavy atom. The summed E-state index contributed by atoms with van der Waals surface area (Å²) < 4.78 is 0. The number of piperidine rings is 1. The highest BCUT2D eigenvalue weighted by Gasteiger charge is 2.46. The fourth-order valence-corrected chi connectivity index (χ4v) is 7.51. The fraction of sp³-hybridized carbons (Fsp3) is 0.314. The van der Waals surface area contributed by atoms with E-state index in [-0.39, 0.29) is 11.3 Å². The van der Waals surface area contributed by atoms with Gasteiger partial charge < -0.3 is 9.80 Å². The molecule has 2 saturated heterocycles. The molecule has 2 heterocycles. The van der Waals surface area contributed by atoms with Gasteiger partial charge in [-0.2, -0.15) is 0 Å². The van der Waals surface area contributed by atoms with Gasteiger partial charge in [0, 0.05) is 48.5 Å². The van der Waals surface area contributed by atoms with E-state index in [1.807, 2.05) is 36.4 Å². The Hall–Kier alpha value is -3.76.